The van der Waals surface area contributed by atoms with Gasteiger partial charge in [-0.1, -0.05) is 24.3 Å². The molecular weight excluding hydrogens is 355 g/mol. The van der Waals surface area contributed by atoms with Crippen LogP contribution in [0.2, 0.25) is 0 Å². The molecule has 0 atom stereocenters. The fourth-order valence-electron chi connectivity index (χ4n) is 3.40. The lowest BCUT2D eigenvalue weighted by atomic mass is 10.0. The molecule has 0 unspecified atom stereocenters. The summed E-state index contributed by atoms with van der Waals surface area (Å²) in [5.41, 5.74) is 3.94. The summed E-state index contributed by atoms with van der Waals surface area (Å²) in [5.74, 6) is -0.362. The Kier molecular flexibility index (Phi) is 3.76. The molecule has 0 aliphatic carbocycles. The fraction of sp³-hybridized carbons (Fsp3) is 0.0455. The minimum atomic E-state index is -0.362. The summed E-state index contributed by atoms with van der Waals surface area (Å²) in [7, 11) is 0. The molecule has 3 aromatic heterocycles. The summed E-state index contributed by atoms with van der Waals surface area (Å²) in [5, 5.41) is 0.969. The number of para-hydroxylation sites is 2. The average Bonchev–Trinajstić information content (AvgIpc) is 3.19. The van der Waals surface area contributed by atoms with E-state index in [1.54, 1.807) is 12.3 Å². The zero-order chi connectivity index (χ0) is 19.1. The van der Waals surface area contributed by atoms with Crippen LogP contribution in [0.1, 0.15) is 5.56 Å². The van der Waals surface area contributed by atoms with E-state index in [0.29, 0.717) is 16.6 Å². The molecule has 0 amide bonds. The standard InChI is InChI=1S/C22H15FN4O/c23-18-10-14(17-9-15-7-8-24-22(15)26-11-17)5-6-16(18)13-27-20-4-2-1-3-19(20)25-12-21(27)28/h1-12H,13H2,(H,24,26). The van der Waals surface area contributed by atoms with Crippen molar-refractivity contribution in [2.45, 2.75) is 6.54 Å². The first kappa shape index (κ1) is 16.4. The van der Waals surface area contributed by atoms with Gasteiger partial charge in [0.15, 0.2) is 0 Å². The van der Waals surface area contributed by atoms with Crippen molar-refractivity contribution in [1.29, 1.82) is 0 Å². The molecule has 0 saturated carbocycles. The first-order chi connectivity index (χ1) is 13.7. The van der Waals surface area contributed by atoms with Crippen LogP contribution in [0.25, 0.3) is 33.2 Å². The van der Waals surface area contributed by atoms with Crippen molar-refractivity contribution in [3.63, 3.8) is 0 Å². The lowest BCUT2D eigenvalue weighted by molar-refractivity contribution is 0.599. The van der Waals surface area contributed by atoms with E-state index >= 15 is 0 Å². The quantitative estimate of drug-likeness (QED) is 0.519. The lowest BCUT2D eigenvalue weighted by Gasteiger charge is -2.11. The number of hydrogen-bond acceptors (Lipinski definition) is 3. The van der Waals surface area contributed by atoms with Crippen molar-refractivity contribution < 1.29 is 4.39 Å². The molecule has 0 radical (unpaired) electrons. The van der Waals surface area contributed by atoms with Crippen LogP contribution in [0.5, 0.6) is 0 Å². The molecule has 136 valence electrons. The Morgan fingerprint density at radius 1 is 0.964 bits per heavy atom. The molecule has 6 heteroatoms. The summed E-state index contributed by atoms with van der Waals surface area (Å²) in [4.78, 5) is 23.8. The largest absolute Gasteiger partial charge is 0.346 e. The van der Waals surface area contributed by atoms with Crippen molar-refractivity contribution in [3.8, 4) is 11.1 Å². The highest BCUT2D eigenvalue weighted by Gasteiger charge is 2.10. The third-order valence-electron chi connectivity index (χ3n) is 4.87. The number of H-pyrrole nitrogens is 1. The van der Waals surface area contributed by atoms with Crippen LogP contribution in [-0.4, -0.2) is 19.5 Å². The van der Waals surface area contributed by atoms with E-state index in [4.69, 9.17) is 0 Å². The number of hydrogen-bond donors (Lipinski definition) is 1. The minimum absolute atomic E-state index is 0.142. The highest BCUT2D eigenvalue weighted by atomic mass is 19.1. The molecule has 0 aliphatic heterocycles. The first-order valence-electron chi connectivity index (χ1n) is 8.85. The van der Waals surface area contributed by atoms with E-state index in [2.05, 4.69) is 15.0 Å². The first-order valence-corrected chi connectivity index (χ1v) is 8.85. The molecule has 5 nitrogen and oxygen atoms in total. The number of benzene rings is 2. The predicted octanol–water partition coefficient (Wildman–Crippen LogP) is 4.13. The third-order valence-corrected chi connectivity index (χ3v) is 4.87. The van der Waals surface area contributed by atoms with E-state index in [9.17, 15) is 9.18 Å². The second-order valence-corrected chi connectivity index (χ2v) is 6.62. The van der Waals surface area contributed by atoms with Gasteiger partial charge in [-0.3, -0.25) is 4.79 Å². The molecular formula is C22H15FN4O. The van der Waals surface area contributed by atoms with Crippen LogP contribution in [0.3, 0.4) is 0 Å². The van der Waals surface area contributed by atoms with Crippen molar-refractivity contribution >= 4 is 22.1 Å². The Labute approximate surface area is 159 Å². The van der Waals surface area contributed by atoms with Crippen molar-refractivity contribution in [1.82, 2.24) is 19.5 Å². The monoisotopic (exact) mass is 370 g/mol. The van der Waals surface area contributed by atoms with E-state index in [1.807, 2.05) is 48.7 Å². The van der Waals surface area contributed by atoms with Gasteiger partial charge in [0.05, 0.1) is 23.8 Å². The van der Waals surface area contributed by atoms with Gasteiger partial charge in [0.25, 0.3) is 5.56 Å². The summed E-state index contributed by atoms with van der Waals surface area (Å²) in [6.07, 6.45) is 4.81. The Balaban J connectivity index is 1.54. The second-order valence-electron chi connectivity index (χ2n) is 6.62. The van der Waals surface area contributed by atoms with Crippen LogP contribution in [-0.2, 0) is 6.54 Å². The normalized spacial score (nSPS) is 11.3. The number of pyridine rings is 1. The maximum absolute atomic E-state index is 14.8. The van der Waals surface area contributed by atoms with Gasteiger partial charge in [-0.05, 0) is 35.9 Å². The smallest absolute Gasteiger partial charge is 0.269 e. The fourth-order valence-corrected chi connectivity index (χ4v) is 3.40. The number of fused-ring (bicyclic) bond motifs is 2. The highest BCUT2D eigenvalue weighted by molar-refractivity contribution is 5.81. The number of rotatable bonds is 3. The zero-order valence-electron chi connectivity index (χ0n) is 14.8. The number of aromatic amines is 1. The van der Waals surface area contributed by atoms with Gasteiger partial charge in [0.1, 0.15) is 11.5 Å². The van der Waals surface area contributed by atoms with Crippen LogP contribution in [0, 0.1) is 5.82 Å². The van der Waals surface area contributed by atoms with Gasteiger partial charge in [0, 0.05) is 28.9 Å². The van der Waals surface area contributed by atoms with Gasteiger partial charge >= 0.3 is 0 Å². The molecule has 5 rings (SSSR count). The van der Waals surface area contributed by atoms with Gasteiger partial charge in [-0.2, -0.15) is 0 Å². The minimum Gasteiger partial charge on any atom is -0.346 e. The lowest BCUT2D eigenvalue weighted by Crippen LogP contribution is -2.21. The summed E-state index contributed by atoms with van der Waals surface area (Å²) >= 11 is 0. The van der Waals surface area contributed by atoms with E-state index in [1.165, 1.54) is 16.8 Å². The summed E-state index contributed by atoms with van der Waals surface area (Å²) in [6, 6.07) is 16.3. The molecule has 3 heterocycles. The second kappa shape index (κ2) is 6.42. The Hall–Kier alpha value is -3.80. The van der Waals surface area contributed by atoms with Gasteiger partial charge in [0.2, 0.25) is 0 Å². The van der Waals surface area contributed by atoms with Crippen molar-refractivity contribution in [3.05, 3.63) is 94.9 Å². The Morgan fingerprint density at radius 2 is 1.86 bits per heavy atom. The van der Waals surface area contributed by atoms with Gasteiger partial charge < -0.3 is 9.55 Å². The molecule has 1 N–H and O–H groups in total. The Morgan fingerprint density at radius 3 is 2.75 bits per heavy atom. The molecule has 0 saturated heterocycles. The number of nitrogens with one attached hydrogen (secondary N) is 1. The van der Waals surface area contributed by atoms with Crippen molar-refractivity contribution in [2.75, 3.05) is 0 Å². The van der Waals surface area contributed by atoms with E-state index in [-0.39, 0.29) is 17.9 Å². The molecule has 28 heavy (non-hydrogen) atoms. The molecule has 0 fully saturated rings. The number of aromatic nitrogens is 4. The Bertz CT molecular complexity index is 1390. The molecule has 0 bridgehead atoms. The molecule has 2 aromatic carbocycles. The summed E-state index contributed by atoms with van der Waals surface area (Å²) < 4.78 is 16.4. The predicted molar refractivity (Wildman–Crippen MR) is 107 cm³/mol. The number of nitrogens with zero attached hydrogens (tertiary/aromatic N) is 3. The van der Waals surface area contributed by atoms with Crippen LogP contribution in [0.4, 0.5) is 4.39 Å². The zero-order valence-corrected chi connectivity index (χ0v) is 14.8. The SMILES string of the molecule is O=c1cnc2ccccc2n1Cc1ccc(-c2cnc3[nH]ccc3c2)cc1F. The van der Waals surface area contributed by atoms with Crippen molar-refractivity contribution in [2.24, 2.45) is 0 Å². The van der Waals surface area contributed by atoms with Crippen LogP contribution >= 0.6 is 0 Å². The van der Waals surface area contributed by atoms with Crippen LogP contribution in [0.15, 0.2) is 78.0 Å². The molecule has 5 aromatic rings. The maximum Gasteiger partial charge on any atom is 0.269 e. The van der Waals surface area contributed by atoms with E-state index < -0.39 is 0 Å². The average molecular weight is 370 g/mol. The molecule has 0 spiro atoms. The van der Waals surface area contributed by atoms with E-state index in [0.717, 1.165) is 22.2 Å². The highest BCUT2D eigenvalue weighted by Crippen LogP contribution is 2.25. The topological polar surface area (TPSA) is 63.6 Å². The van der Waals surface area contributed by atoms with Gasteiger partial charge in [-0.15, -0.1) is 0 Å². The van der Waals surface area contributed by atoms with Crippen LogP contribution < -0.4 is 5.56 Å². The number of halogens is 1. The third kappa shape index (κ3) is 2.75. The maximum atomic E-state index is 14.8. The van der Waals surface area contributed by atoms with Gasteiger partial charge in [-0.25, -0.2) is 14.4 Å². The summed E-state index contributed by atoms with van der Waals surface area (Å²) in [6.45, 7) is 0.142. The molecule has 0 aliphatic rings.